The number of urea groups is 1. The molecule has 0 atom stereocenters. The third kappa shape index (κ3) is 3.75. The van der Waals surface area contributed by atoms with Gasteiger partial charge in [0.25, 0.3) is 11.8 Å². The summed E-state index contributed by atoms with van der Waals surface area (Å²) in [4.78, 5) is 43.8. The topological polar surface area (TPSA) is 62.6 Å². The minimum absolute atomic E-state index is 0.0806. The van der Waals surface area contributed by atoms with Crippen molar-refractivity contribution in [2.45, 2.75) is 0 Å². The highest BCUT2D eigenvalue weighted by Crippen LogP contribution is 2.36. The van der Waals surface area contributed by atoms with Crippen molar-refractivity contribution in [3.63, 3.8) is 0 Å². The van der Waals surface area contributed by atoms with Crippen LogP contribution in [0.1, 0.15) is 4.88 Å². The van der Waals surface area contributed by atoms with E-state index in [-0.39, 0.29) is 5.57 Å². The second kappa shape index (κ2) is 9.48. The van der Waals surface area contributed by atoms with Gasteiger partial charge < -0.3 is 4.57 Å². The van der Waals surface area contributed by atoms with Gasteiger partial charge in [-0.2, -0.15) is 0 Å². The molecule has 1 aliphatic rings. The van der Waals surface area contributed by atoms with Crippen molar-refractivity contribution in [2.75, 3.05) is 9.80 Å². The van der Waals surface area contributed by atoms with Gasteiger partial charge in [0.15, 0.2) is 0 Å². The van der Waals surface area contributed by atoms with E-state index in [9.17, 15) is 14.4 Å². The molecule has 6 nitrogen and oxygen atoms in total. The quantitative estimate of drug-likeness (QED) is 0.173. The summed E-state index contributed by atoms with van der Waals surface area (Å²) in [7, 11) is 0. The number of amides is 4. The molecular weight excluding hydrogens is 518 g/mol. The lowest BCUT2D eigenvalue weighted by Crippen LogP contribution is -2.57. The molecule has 0 N–H and O–H groups in total. The molecule has 0 radical (unpaired) electrons. The van der Waals surface area contributed by atoms with Crippen LogP contribution >= 0.6 is 11.3 Å². The first kappa shape index (κ1) is 23.8. The Morgan fingerprint density at radius 2 is 1.00 bits per heavy atom. The Balaban J connectivity index is 1.35. The van der Waals surface area contributed by atoms with Crippen LogP contribution in [0.4, 0.5) is 16.2 Å². The molecule has 4 aromatic carbocycles. The number of imide groups is 2. The molecule has 7 rings (SSSR count). The van der Waals surface area contributed by atoms with Crippen molar-refractivity contribution in [2.24, 2.45) is 0 Å². The summed E-state index contributed by atoms with van der Waals surface area (Å²) >= 11 is 1.47. The Bertz CT molecular complexity index is 1860. The molecule has 0 unspecified atom stereocenters. The fourth-order valence-corrected chi connectivity index (χ4v) is 6.16. The van der Waals surface area contributed by atoms with Gasteiger partial charge in [-0.15, -0.1) is 11.3 Å². The molecule has 1 fully saturated rings. The zero-order valence-corrected chi connectivity index (χ0v) is 21.9. The van der Waals surface area contributed by atoms with Crippen molar-refractivity contribution >= 4 is 68.4 Å². The fourth-order valence-electron chi connectivity index (χ4n) is 5.18. The number of fused-ring (bicyclic) bond motifs is 3. The Hall–Kier alpha value is -5.27. The van der Waals surface area contributed by atoms with Crippen LogP contribution in [0.15, 0.2) is 127 Å². The Morgan fingerprint density at radius 1 is 0.525 bits per heavy atom. The van der Waals surface area contributed by atoms with Crippen molar-refractivity contribution in [1.82, 2.24) is 4.57 Å². The maximum Gasteiger partial charge on any atom is 0.343 e. The van der Waals surface area contributed by atoms with Gasteiger partial charge in [0.05, 0.1) is 22.4 Å². The number of rotatable bonds is 4. The second-order valence-corrected chi connectivity index (χ2v) is 10.4. The lowest BCUT2D eigenvalue weighted by Gasteiger charge is -2.33. The Morgan fingerprint density at radius 3 is 1.52 bits per heavy atom. The molecule has 3 heterocycles. The smallest absolute Gasteiger partial charge is 0.301 e. The number of anilines is 2. The lowest BCUT2D eigenvalue weighted by atomic mass is 10.1. The Kier molecular flexibility index (Phi) is 5.65. The third-order valence-electron chi connectivity index (χ3n) is 6.98. The molecule has 6 aromatic rings. The maximum atomic E-state index is 13.7. The average Bonchev–Trinajstić information content (AvgIpc) is 3.58. The van der Waals surface area contributed by atoms with Crippen molar-refractivity contribution in [3.05, 3.63) is 132 Å². The number of para-hydroxylation sites is 4. The lowest BCUT2D eigenvalue weighted by molar-refractivity contribution is -0.121. The number of thiophene rings is 1. The van der Waals surface area contributed by atoms with Gasteiger partial charge in [-0.3, -0.25) is 9.59 Å². The second-order valence-electron chi connectivity index (χ2n) is 9.34. The molecule has 0 aliphatic carbocycles. The molecule has 7 heteroatoms. The molecular formula is C33H21N3O3S. The van der Waals surface area contributed by atoms with E-state index in [1.165, 1.54) is 11.3 Å². The van der Waals surface area contributed by atoms with Crippen LogP contribution in [0.25, 0.3) is 32.9 Å². The van der Waals surface area contributed by atoms with E-state index < -0.39 is 17.8 Å². The van der Waals surface area contributed by atoms with Gasteiger partial charge in [-0.1, -0.05) is 72.8 Å². The molecule has 0 spiro atoms. The minimum Gasteiger partial charge on any atom is -0.301 e. The normalized spacial score (nSPS) is 14.0. The van der Waals surface area contributed by atoms with E-state index in [1.54, 1.807) is 66.7 Å². The predicted molar refractivity (Wildman–Crippen MR) is 160 cm³/mol. The van der Waals surface area contributed by atoms with E-state index >= 15 is 0 Å². The van der Waals surface area contributed by atoms with Crippen LogP contribution in [0.3, 0.4) is 0 Å². The van der Waals surface area contributed by atoms with Crippen molar-refractivity contribution in [1.29, 1.82) is 0 Å². The molecule has 1 aliphatic heterocycles. The summed E-state index contributed by atoms with van der Waals surface area (Å²) in [6.07, 6.45) is 1.59. The van der Waals surface area contributed by atoms with Gasteiger partial charge in [-0.05, 0) is 54.6 Å². The van der Waals surface area contributed by atoms with Crippen molar-refractivity contribution in [3.8, 4) is 5.00 Å². The number of benzene rings is 4. The van der Waals surface area contributed by atoms with Gasteiger partial charge >= 0.3 is 6.03 Å². The van der Waals surface area contributed by atoms with Gasteiger partial charge in [0, 0.05) is 15.6 Å². The largest absolute Gasteiger partial charge is 0.343 e. The highest BCUT2D eigenvalue weighted by atomic mass is 32.1. The number of carbonyl (C=O) groups excluding carboxylic acids is 3. The zero-order valence-electron chi connectivity index (χ0n) is 21.1. The summed E-state index contributed by atoms with van der Waals surface area (Å²) in [6.45, 7) is 0. The van der Waals surface area contributed by atoms with Gasteiger partial charge in [0.1, 0.15) is 10.6 Å². The first-order chi connectivity index (χ1) is 19.6. The monoisotopic (exact) mass is 539 g/mol. The van der Waals surface area contributed by atoms with E-state index in [0.29, 0.717) is 11.4 Å². The average molecular weight is 540 g/mol. The highest BCUT2D eigenvalue weighted by Gasteiger charge is 2.43. The maximum absolute atomic E-state index is 13.7. The Labute approximate surface area is 233 Å². The number of carbonyl (C=O) groups is 3. The molecule has 40 heavy (non-hydrogen) atoms. The van der Waals surface area contributed by atoms with Crippen molar-refractivity contribution < 1.29 is 14.4 Å². The SMILES string of the molecule is O=C1C(=Cc2ccc(-n3c4ccccc4c4ccccc43)s2)C(=O)N(c2ccccc2)C(=O)N1c1ccccc1. The molecule has 4 amide bonds. The van der Waals surface area contributed by atoms with E-state index in [0.717, 1.165) is 41.5 Å². The predicted octanol–water partition coefficient (Wildman–Crippen LogP) is 7.43. The van der Waals surface area contributed by atoms with Gasteiger partial charge in [-0.25, -0.2) is 14.6 Å². The fraction of sp³-hybridized carbons (Fsp3) is 0. The highest BCUT2D eigenvalue weighted by molar-refractivity contribution is 7.15. The molecule has 192 valence electrons. The molecule has 0 saturated carbocycles. The molecule has 1 saturated heterocycles. The van der Waals surface area contributed by atoms with E-state index in [4.69, 9.17) is 0 Å². The molecule has 0 bridgehead atoms. The minimum atomic E-state index is -0.707. The first-order valence-electron chi connectivity index (χ1n) is 12.7. The summed E-state index contributed by atoms with van der Waals surface area (Å²) in [5.41, 5.74) is 2.86. The van der Waals surface area contributed by atoms with Gasteiger partial charge in [0.2, 0.25) is 0 Å². The van der Waals surface area contributed by atoms with Crippen LogP contribution in [0.2, 0.25) is 0 Å². The number of nitrogens with zero attached hydrogens (tertiary/aromatic N) is 3. The van der Waals surface area contributed by atoms with Crippen LogP contribution in [0, 0.1) is 0 Å². The van der Waals surface area contributed by atoms with Crippen LogP contribution in [-0.4, -0.2) is 22.4 Å². The summed E-state index contributed by atoms with van der Waals surface area (Å²) < 4.78 is 2.19. The standard InChI is InChI=1S/C33H21N3O3S/c37-31-27(32(38)35(23-13-5-2-6-14-23)33(39)34(31)22-11-3-1-4-12-22)21-24-19-20-30(40-24)36-28-17-9-7-15-25(28)26-16-8-10-18-29(26)36/h1-21H. The summed E-state index contributed by atoms with van der Waals surface area (Å²) in [5.74, 6) is -1.31. The van der Waals surface area contributed by atoms with Crippen LogP contribution in [0.5, 0.6) is 0 Å². The number of hydrogen-bond donors (Lipinski definition) is 0. The number of hydrogen-bond acceptors (Lipinski definition) is 4. The van der Waals surface area contributed by atoms with E-state index in [1.807, 2.05) is 36.4 Å². The van der Waals surface area contributed by atoms with Crippen LogP contribution < -0.4 is 9.80 Å². The summed E-state index contributed by atoms with van der Waals surface area (Å²) in [6, 6.07) is 37.0. The molecule has 2 aromatic heterocycles. The summed E-state index contributed by atoms with van der Waals surface area (Å²) in [5, 5.41) is 3.26. The van der Waals surface area contributed by atoms with E-state index in [2.05, 4.69) is 28.8 Å². The van der Waals surface area contributed by atoms with Crippen LogP contribution in [-0.2, 0) is 9.59 Å². The first-order valence-corrected chi connectivity index (χ1v) is 13.6. The number of aromatic nitrogens is 1. The zero-order chi connectivity index (χ0) is 27.2. The number of barbiturate groups is 1. The third-order valence-corrected chi connectivity index (χ3v) is 8.00.